The molecule has 1 heterocycles. The maximum atomic E-state index is 11.8. The van der Waals surface area contributed by atoms with Crippen LogP contribution in [0, 0.1) is 0 Å². The molecule has 98 valence electrons. The smallest absolute Gasteiger partial charge is 0.255 e. The molecule has 1 atom stereocenters. The molecule has 4 N–H and O–H groups in total. The van der Waals surface area contributed by atoms with Crippen LogP contribution in [0.1, 0.15) is 10.4 Å². The summed E-state index contributed by atoms with van der Waals surface area (Å²) in [5.74, 6) is -1.12. The van der Waals surface area contributed by atoms with E-state index in [1.54, 1.807) is 0 Å². The quantitative estimate of drug-likeness (QED) is 0.560. The van der Waals surface area contributed by atoms with Gasteiger partial charge in [-0.15, -0.1) is 0 Å². The lowest BCUT2D eigenvalue weighted by atomic mass is 10.1. The zero-order valence-electron chi connectivity index (χ0n) is 9.85. The second-order valence-corrected chi connectivity index (χ2v) is 4.11. The van der Waals surface area contributed by atoms with Crippen molar-refractivity contribution in [3.05, 3.63) is 23.8 Å². The summed E-state index contributed by atoms with van der Waals surface area (Å²) in [5, 5.41) is 24.7. The van der Waals surface area contributed by atoms with Crippen molar-refractivity contribution in [3.8, 4) is 11.5 Å². The average Bonchev–Trinajstić information content (AvgIpc) is 2.40. The molecule has 2 rings (SSSR count). The van der Waals surface area contributed by atoms with Crippen molar-refractivity contribution in [2.45, 2.75) is 6.04 Å². The number of hydrogen-bond donors (Lipinski definition) is 4. The largest absolute Gasteiger partial charge is 0.504 e. The number of rotatable bonds is 3. The Hall–Kier alpha value is -1.79. The number of ether oxygens (including phenoxy) is 1. The zero-order chi connectivity index (χ0) is 13.0. The first-order valence-corrected chi connectivity index (χ1v) is 5.78. The summed E-state index contributed by atoms with van der Waals surface area (Å²) in [7, 11) is 0. The van der Waals surface area contributed by atoms with E-state index in [1.807, 2.05) is 0 Å². The van der Waals surface area contributed by atoms with Crippen LogP contribution in [0.2, 0.25) is 0 Å². The van der Waals surface area contributed by atoms with Crippen LogP contribution < -0.4 is 10.6 Å². The van der Waals surface area contributed by atoms with Crippen molar-refractivity contribution >= 4 is 5.91 Å². The van der Waals surface area contributed by atoms with Crippen LogP contribution in [0.4, 0.5) is 0 Å². The minimum absolute atomic E-state index is 0.0618. The first-order valence-electron chi connectivity index (χ1n) is 5.78. The van der Waals surface area contributed by atoms with E-state index in [-0.39, 0.29) is 17.4 Å². The molecule has 1 aromatic carbocycles. The predicted molar refractivity (Wildman–Crippen MR) is 64.7 cm³/mol. The Balaban J connectivity index is 1.93. The summed E-state index contributed by atoms with van der Waals surface area (Å²) in [4.78, 5) is 11.8. The molecule has 1 amide bonds. The van der Waals surface area contributed by atoms with E-state index in [2.05, 4.69) is 10.6 Å². The second-order valence-electron chi connectivity index (χ2n) is 4.11. The number of carbonyl (C=O) groups excluding carboxylic acids is 1. The standard InChI is InChI=1S/C12H16N2O4/c15-10-3-1-2-9(11(10)16)12(17)14-6-8-7-18-5-4-13-8/h1-3,8,13,15-16H,4-7H2,(H,14,17). The van der Waals surface area contributed by atoms with Crippen molar-refractivity contribution in [1.29, 1.82) is 0 Å². The van der Waals surface area contributed by atoms with E-state index in [1.165, 1.54) is 18.2 Å². The molecule has 1 aromatic rings. The van der Waals surface area contributed by atoms with E-state index in [0.29, 0.717) is 19.8 Å². The van der Waals surface area contributed by atoms with Gasteiger partial charge in [0.05, 0.1) is 18.8 Å². The van der Waals surface area contributed by atoms with E-state index < -0.39 is 11.7 Å². The Kier molecular flexibility index (Phi) is 4.01. The third kappa shape index (κ3) is 2.91. The number of hydrogen-bond acceptors (Lipinski definition) is 5. The third-order valence-electron chi connectivity index (χ3n) is 2.77. The number of phenolic OH excluding ortho intramolecular Hbond substituents is 2. The SMILES string of the molecule is O=C(NCC1COCCN1)c1cccc(O)c1O. The Labute approximate surface area is 105 Å². The summed E-state index contributed by atoms with van der Waals surface area (Å²) in [6, 6.07) is 4.35. The highest BCUT2D eigenvalue weighted by Crippen LogP contribution is 2.27. The first-order chi connectivity index (χ1) is 8.68. The number of phenols is 2. The van der Waals surface area contributed by atoms with Crippen LogP contribution in [0.15, 0.2) is 18.2 Å². The van der Waals surface area contributed by atoms with Gasteiger partial charge in [-0.3, -0.25) is 4.79 Å². The highest BCUT2D eigenvalue weighted by atomic mass is 16.5. The molecular weight excluding hydrogens is 236 g/mol. The number of amides is 1. The first kappa shape index (κ1) is 12.7. The number of carbonyl (C=O) groups is 1. The van der Waals surface area contributed by atoms with Gasteiger partial charge in [0, 0.05) is 19.1 Å². The molecule has 6 nitrogen and oxygen atoms in total. The van der Waals surface area contributed by atoms with Crippen LogP contribution in [0.25, 0.3) is 0 Å². The lowest BCUT2D eigenvalue weighted by Gasteiger charge is -2.24. The monoisotopic (exact) mass is 252 g/mol. The van der Waals surface area contributed by atoms with Crippen LogP contribution >= 0.6 is 0 Å². The van der Waals surface area contributed by atoms with Crippen LogP contribution in [0.5, 0.6) is 11.5 Å². The maximum Gasteiger partial charge on any atom is 0.255 e. The minimum Gasteiger partial charge on any atom is -0.504 e. The molecule has 18 heavy (non-hydrogen) atoms. The van der Waals surface area contributed by atoms with Gasteiger partial charge in [0.1, 0.15) is 0 Å². The Morgan fingerprint density at radius 3 is 3.06 bits per heavy atom. The highest BCUT2D eigenvalue weighted by molar-refractivity contribution is 5.97. The Morgan fingerprint density at radius 2 is 2.33 bits per heavy atom. The summed E-state index contributed by atoms with van der Waals surface area (Å²) in [6.45, 7) is 2.40. The fourth-order valence-electron chi connectivity index (χ4n) is 1.78. The van der Waals surface area contributed by atoms with E-state index in [0.717, 1.165) is 6.54 Å². The summed E-state index contributed by atoms with van der Waals surface area (Å²) < 4.78 is 5.26. The van der Waals surface area contributed by atoms with Gasteiger partial charge in [-0.1, -0.05) is 6.07 Å². The van der Waals surface area contributed by atoms with Gasteiger partial charge in [0.25, 0.3) is 5.91 Å². The second kappa shape index (κ2) is 5.70. The Morgan fingerprint density at radius 1 is 1.50 bits per heavy atom. The molecule has 0 saturated carbocycles. The summed E-state index contributed by atoms with van der Waals surface area (Å²) in [5.41, 5.74) is 0.0618. The summed E-state index contributed by atoms with van der Waals surface area (Å²) in [6.07, 6.45) is 0. The van der Waals surface area contributed by atoms with Crippen molar-refractivity contribution < 1.29 is 19.7 Å². The molecule has 0 radical (unpaired) electrons. The topological polar surface area (TPSA) is 90.8 Å². The van der Waals surface area contributed by atoms with Crippen molar-refractivity contribution in [2.24, 2.45) is 0 Å². The number of benzene rings is 1. The molecule has 0 aliphatic carbocycles. The molecule has 1 saturated heterocycles. The van der Waals surface area contributed by atoms with Crippen molar-refractivity contribution in [3.63, 3.8) is 0 Å². The van der Waals surface area contributed by atoms with Crippen molar-refractivity contribution in [1.82, 2.24) is 10.6 Å². The number of nitrogens with one attached hydrogen (secondary N) is 2. The molecule has 1 fully saturated rings. The summed E-state index contributed by atoms with van der Waals surface area (Å²) >= 11 is 0. The van der Waals surface area contributed by atoms with Crippen molar-refractivity contribution in [2.75, 3.05) is 26.3 Å². The van der Waals surface area contributed by atoms with Gasteiger partial charge in [0.2, 0.25) is 0 Å². The molecule has 0 aromatic heterocycles. The Bertz CT molecular complexity index is 430. The van der Waals surface area contributed by atoms with E-state index >= 15 is 0 Å². The lowest BCUT2D eigenvalue weighted by molar-refractivity contribution is 0.0734. The number of morpholine rings is 1. The van der Waals surface area contributed by atoms with Gasteiger partial charge in [-0.25, -0.2) is 0 Å². The van der Waals surface area contributed by atoms with Gasteiger partial charge in [0.15, 0.2) is 11.5 Å². The molecule has 0 bridgehead atoms. The maximum absolute atomic E-state index is 11.8. The molecule has 6 heteroatoms. The van der Waals surface area contributed by atoms with Gasteiger partial charge in [-0.2, -0.15) is 0 Å². The molecular formula is C12H16N2O4. The average molecular weight is 252 g/mol. The van der Waals surface area contributed by atoms with Crippen LogP contribution in [-0.4, -0.2) is 48.5 Å². The normalized spacial score (nSPS) is 19.4. The van der Waals surface area contributed by atoms with Gasteiger partial charge >= 0.3 is 0 Å². The van der Waals surface area contributed by atoms with Gasteiger partial charge in [-0.05, 0) is 12.1 Å². The zero-order valence-corrected chi connectivity index (χ0v) is 9.85. The molecule has 1 unspecified atom stereocenters. The fourth-order valence-corrected chi connectivity index (χ4v) is 1.78. The fraction of sp³-hybridized carbons (Fsp3) is 0.417. The lowest BCUT2D eigenvalue weighted by Crippen LogP contribution is -2.48. The number of aromatic hydroxyl groups is 2. The van der Waals surface area contributed by atoms with Crippen LogP contribution in [0.3, 0.4) is 0 Å². The highest BCUT2D eigenvalue weighted by Gasteiger charge is 2.17. The number of para-hydroxylation sites is 1. The van der Waals surface area contributed by atoms with Gasteiger partial charge < -0.3 is 25.6 Å². The third-order valence-corrected chi connectivity index (χ3v) is 2.77. The van der Waals surface area contributed by atoms with E-state index in [4.69, 9.17) is 4.74 Å². The predicted octanol–water partition coefficient (Wildman–Crippen LogP) is -0.184. The molecule has 1 aliphatic heterocycles. The van der Waals surface area contributed by atoms with Crippen LogP contribution in [-0.2, 0) is 4.74 Å². The molecule has 0 spiro atoms. The minimum atomic E-state index is -0.421. The molecule has 1 aliphatic rings. The van der Waals surface area contributed by atoms with E-state index in [9.17, 15) is 15.0 Å².